The van der Waals surface area contributed by atoms with Crippen molar-refractivity contribution in [2.45, 2.75) is 12.8 Å². The van der Waals surface area contributed by atoms with Crippen LogP contribution in [0.2, 0.25) is 0 Å². The maximum Gasteiger partial charge on any atom is 0.0257 e. The first kappa shape index (κ1) is 11.3. The highest BCUT2D eigenvalue weighted by molar-refractivity contribution is 4.75. The smallest absolute Gasteiger partial charge is 0.0257 e. The van der Waals surface area contributed by atoms with Gasteiger partial charge in [0.15, 0.2) is 0 Å². The first-order valence-corrected chi connectivity index (χ1v) is 5.95. The third-order valence-corrected chi connectivity index (χ3v) is 3.57. The summed E-state index contributed by atoms with van der Waals surface area (Å²) in [7, 11) is 0. The van der Waals surface area contributed by atoms with Crippen molar-refractivity contribution >= 4 is 0 Å². The molecule has 0 spiro atoms. The molecule has 5 heteroatoms. The summed E-state index contributed by atoms with van der Waals surface area (Å²) in [6.45, 7) is 7.62. The lowest BCUT2D eigenvalue weighted by Crippen LogP contribution is -2.51. The lowest BCUT2D eigenvalue weighted by molar-refractivity contribution is 0.0957. The van der Waals surface area contributed by atoms with Gasteiger partial charge in [0.2, 0.25) is 0 Å². The van der Waals surface area contributed by atoms with Gasteiger partial charge in [0, 0.05) is 45.8 Å². The van der Waals surface area contributed by atoms with E-state index in [2.05, 4.69) is 4.90 Å². The molecule has 0 aromatic carbocycles. The Labute approximate surface area is 91.9 Å². The summed E-state index contributed by atoms with van der Waals surface area (Å²) < 4.78 is 0. The Morgan fingerprint density at radius 2 is 1.33 bits per heavy atom. The standard InChI is InChI=1S/C10H23N5/c11-14-3-1-10(2-4-14)9-13-5-7-15(12)8-6-13/h10H,1-9,11-12H2. The van der Waals surface area contributed by atoms with Gasteiger partial charge < -0.3 is 4.90 Å². The molecule has 2 aliphatic heterocycles. The summed E-state index contributed by atoms with van der Waals surface area (Å²) in [6.07, 6.45) is 2.50. The van der Waals surface area contributed by atoms with Crippen LogP contribution in [0.4, 0.5) is 0 Å². The zero-order valence-corrected chi connectivity index (χ0v) is 9.44. The summed E-state index contributed by atoms with van der Waals surface area (Å²) in [5, 5.41) is 3.85. The van der Waals surface area contributed by atoms with Gasteiger partial charge in [-0.05, 0) is 18.8 Å². The molecule has 4 N–H and O–H groups in total. The Hall–Kier alpha value is -0.200. The fourth-order valence-electron chi connectivity index (χ4n) is 2.45. The lowest BCUT2D eigenvalue weighted by atomic mass is 9.97. The normalized spacial score (nSPS) is 28.4. The zero-order chi connectivity index (χ0) is 10.7. The Morgan fingerprint density at radius 3 is 1.93 bits per heavy atom. The molecule has 5 nitrogen and oxygen atoms in total. The maximum absolute atomic E-state index is 5.74. The molecule has 15 heavy (non-hydrogen) atoms. The van der Waals surface area contributed by atoms with Crippen molar-refractivity contribution in [3.05, 3.63) is 0 Å². The Bertz CT molecular complexity index is 162. The van der Waals surface area contributed by atoms with E-state index in [1.165, 1.54) is 19.4 Å². The molecular weight excluding hydrogens is 190 g/mol. The van der Waals surface area contributed by atoms with E-state index in [9.17, 15) is 0 Å². The second-order valence-electron chi connectivity index (χ2n) is 4.82. The summed E-state index contributed by atoms with van der Waals surface area (Å²) in [5.74, 6) is 12.3. The van der Waals surface area contributed by atoms with E-state index >= 15 is 0 Å². The lowest BCUT2D eigenvalue weighted by Gasteiger charge is -2.36. The van der Waals surface area contributed by atoms with Crippen molar-refractivity contribution < 1.29 is 0 Å². The van der Waals surface area contributed by atoms with Crippen molar-refractivity contribution in [3.63, 3.8) is 0 Å². The molecule has 2 heterocycles. The van der Waals surface area contributed by atoms with Crippen molar-refractivity contribution in [1.82, 2.24) is 14.9 Å². The molecule has 0 aliphatic carbocycles. The van der Waals surface area contributed by atoms with Crippen molar-refractivity contribution in [3.8, 4) is 0 Å². The molecule has 0 unspecified atom stereocenters. The fourth-order valence-corrected chi connectivity index (χ4v) is 2.45. The fraction of sp³-hybridized carbons (Fsp3) is 1.00. The average Bonchev–Trinajstić information content (AvgIpc) is 2.25. The highest BCUT2D eigenvalue weighted by Gasteiger charge is 2.21. The number of hydrogen-bond donors (Lipinski definition) is 2. The van der Waals surface area contributed by atoms with E-state index < -0.39 is 0 Å². The van der Waals surface area contributed by atoms with Crippen LogP contribution in [0.1, 0.15) is 12.8 Å². The highest BCUT2D eigenvalue weighted by Crippen LogP contribution is 2.16. The Morgan fingerprint density at radius 1 is 0.800 bits per heavy atom. The van der Waals surface area contributed by atoms with Crippen LogP contribution in [0, 0.1) is 5.92 Å². The average molecular weight is 213 g/mol. The maximum atomic E-state index is 5.74. The van der Waals surface area contributed by atoms with Crippen LogP contribution < -0.4 is 11.7 Å². The molecule has 0 radical (unpaired) electrons. The second kappa shape index (κ2) is 5.23. The van der Waals surface area contributed by atoms with Crippen LogP contribution in [0.5, 0.6) is 0 Å². The summed E-state index contributed by atoms with van der Waals surface area (Å²) in [5.41, 5.74) is 0. The monoisotopic (exact) mass is 213 g/mol. The second-order valence-corrected chi connectivity index (χ2v) is 4.82. The number of piperazine rings is 1. The first-order valence-electron chi connectivity index (χ1n) is 5.95. The molecule has 0 bridgehead atoms. The van der Waals surface area contributed by atoms with Crippen LogP contribution in [-0.4, -0.2) is 60.7 Å². The molecular formula is C10H23N5. The number of piperidine rings is 1. The van der Waals surface area contributed by atoms with E-state index in [1.807, 2.05) is 10.0 Å². The third-order valence-electron chi connectivity index (χ3n) is 3.57. The van der Waals surface area contributed by atoms with E-state index in [0.29, 0.717) is 0 Å². The van der Waals surface area contributed by atoms with E-state index in [1.54, 1.807) is 0 Å². The van der Waals surface area contributed by atoms with E-state index in [-0.39, 0.29) is 0 Å². The number of hydrogen-bond acceptors (Lipinski definition) is 5. The van der Waals surface area contributed by atoms with Gasteiger partial charge in [-0.1, -0.05) is 0 Å². The van der Waals surface area contributed by atoms with Gasteiger partial charge in [-0.25, -0.2) is 10.0 Å². The molecule has 0 atom stereocenters. The molecule has 0 amide bonds. The van der Waals surface area contributed by atoms with Gasteiger partial charge in [-0.15, -0.1) is 0 Å². The van der Waals surface area contributed by atoms with Gasteiger partial charge in [0.25, 0.3) is 0 Å². The van der Waals surface area contributed by atoms with Gasteiger partial charge in [-0.3, -0.25) is 11.7 Å². The number of nitrogens with two attached hydrogens (primary N) is 2. The molecule has 0 aromatic heterocycles. The minimum absolute atomic E-state index is 0.842. The molecule has 0 aromatic rings. The van der Waals surface area contributed by atoms with Gasteiger partial charge in [0.1, 0.15) is 0 Å². The number of rotatable bonds is 2. The van der Waals surface area contributed by atoms with Crippen LogP contribution >= 0.6 is 0 Å². The first-order chi connectivity index (χ1) is 7.24. The van der Waals surface area contributed by atoms with Gasteiger partial charge in [0.05, 0.1) is 0 Å². The van der Waals surface area contributed by atoms with Gasteiger partial charge >= 0.3 is 0 Å². The van der Waals surface area contributed by atoms with E-state index in [0.717, 1.165) is 45.2 Å². The Balaban J connectivity index is 1.68. The van der Waals surface area contributed by atoms with Gasteiger partial charge in [-0.2, -0.15) is 0 Å². The Kier molecular flexibility index (Phi) is 3.93. The van der Waals surface area contributed by atoms with Crippen LogP contribution in [-0.2, 0) is 0 Å². The highest BCUT2D eigenvalue weighted by atomic mass is 15.4. The van der Waals surface area contributed by atoms with Crippen molar-refractivity contribution in [2.75, 3.05) is 45.8 Å². The minimum Gasteiger partial charge on any atom is -0.300 e. The third kappa shape index (κ3) is 3.39. The van der Waals surface area contributed by atoms with Crippen LogP contribution in [0.25, 0.3) is 0 Å². The summed E-state index contributed by atoms with van der Waals surface area (Å²) in [4.78, 5) is 2.54. The minimum atomic E-state index is 0.842. The predicted molar refractivity (Wildman–Crippen MR) is 60.7 cm³/mol. The topological polar surface area (TPSA) is 61.8 Å². The van der Waals surface area contributed by atoms with Crippen molar-refractivity contribution in [2.24, 2.45) is 17.6 Å². The molecule has 2 saturated heterocycles. The quantitative estimate of drug-likeness (QED) is 0.580. The van der Waals surface area contributed by atoms with Crippen molar-refractivity contribution in [1.29, 1.82) is 0 Å². The van der Waals surface area contributed by atoms with E-state index in [4.69, 9.17) is 11.7 Å². The summed E-state index contributed by atoms with van der Waals surface area (Å²) in [6, 6.07) is 0. The molecule has 88 valence electrons. The SMILES string of the molecule is NN1CCC(CN2CCN(N)CC2)CC1. The molecule has 2 fully saturated rings. The summed E-state index contributed by atoms with van der Waals surface area (Å²) >= 11 is 0. The predicted octanol–water partition coefficient (Wildman–Crippen LogP) is -0.937. The largest absolute Gasteiger partial charge is 0.300 e. The molecule has 0 saturated carbocycles. The zero-order valence-electron chi connectivity index (χ0n) is 9.44. The number of nitrogens with zero attached hydrogens (tertiary/aromatic N) is 3. The molecule has 2 aliphatic rings. The van der Waals surface area contributed by atoms with Crippen LogP contribution in [0.3, 0.4) is 0 Å². The number of hydrazine groups is 2. The van der Waals surface area contributed by atoms with Crippen LogP contribution in [0.15, 0.2) is 0 Å². The molecule has 2 rings (SSSR count).